The van der Waals surface area contributed by atoms with Gasteiger partial charge in [-0.25, -0.2) is 4.79 Å². The van der Waals surface area contributed by atoms with Gasteiger partial charge in [0.2, 0.25) is 0 Å². The number of methoxy groups -OCH3 is 1. The predicted octanol–water partition coefficient (Wildman–Crippen LogP) is 3.85. The van der Waals surface area contributed by atoms with Crippen molar-refractivity contribution in [3.8, 4) is 0 Å². The minimum atomic E-state index is -0.508. The van der Waals surface area contributed by atoms with Crippen LogP contribution in [0.3, 0.4) is 0 Å². The van der Waals surface area contributed by atoms with Crippen molar-refractivity contribution in [2.45, 2.75) is 58.7 Å². The van der Waals surface area contributed by atoms with Gasteiger partial charge < -0.3 is 18.9 Å². The Balaban J connectivity index is 1.91. The first-order valence-corrected chi connectivity index (χ1v) is 9.12. The highest BCUT2D eigenvalue weighted by Gasteiger charge is 2.38. The van der Waals surface area contributed by atoms with E-state index in [2.05, 4.69) is 28.7 Å². The van der Waals surface area contributed by atoms with Crippen LogP contribution in [0.5, 0.6) is 0 Å². The van der Waals surface area contributed by atoms with Crippen LogP contribution >= 0.6 is 0 Å². The molecular weight excluding hydrogens is 330 g/mol. The van der Waals surface area contributed by atoms with Gasteiger partial charge in [0.25, 0.3) is 0 Å². The van der Waals surface area contributed by atoms with Crippen LogP contribution in [0.1, 0.15) is 44.5 Å². The van der Waals surface area contributed by atoms with Crippen LogP contribution in [-0.2, 0) is 9.47 Å². The molecule has 1 aliphatic heterocycles. The second-order valence-corrected chi connectivity index (χ2v) is 8.14. The molecule has 6 heteroatoms. The fourth-order valence-electron chi connectivity index (χ4n) is 3.89. The van der Waals surface area contributed by atoms with Crippen LogP contribution in [0.2, 0.25) is 0 Å². The van der Waals surface area contributed by atoms with Gasteiger partial charge in [-0.1, -0.05) is 0 Å². The molecule has 2 aromatic rings. The standard InChI is InChI=1S/C20H29N3O3/c1-13-10-22(17-7-8-21-14(2)18(13)17)15-9-16(12-25-6)23(11-15)19(24)26-20(3,4)5/h7-8,10,15-16H,9,11-12H2,1-6H3/t15-,16?/m0/s1. The Bertz CT molecular complexity index is 806. The highest BCUT2D eigenvalue weighted by molar-refractivity contribution is 5.85. The summed E-state index contributed by atoms with van der Waals surface area (Å²) < 4.78 is 13.3. The molecular formula is C20H29N3O3. The van der Waals surface area contributed by atoms with Gasteiger partial charge in [-0.05, 0) is 52.7 Å². The number of rotatable bonds is 3. The third-order valence-electron chi connectivity index (χ3n) is 4.90. The summed E-state index contributed by atoms with van der Waals surface area (Å²) >= 11 is 0. The number of hydrogen-bond donors (Lipinski definition) is 0. The number of nitrogens with zero attached hydrogens (tertiary/aromatic N) is 3. The highest BCUT2D eigenvalue weighted by Crippen LogP contribution is 2.34. The van der Waals surface area contributed by atoms with Gasteiger partial charge in [-0.2, -0.15) is 0 Å². The van der Waals surface area contributed by atoms with E-state index < -0.39 is 5.60 Å². The quantitative estimate of drug-likeness (QED) is 0.835. The lowest BCUT2D eigenvalue weighted by Gasteiger charge is -2.28. The zero-order valence-electron chi connectivity index (χ0n) is 16.6. The fraction of sp³-hybridized carbons (Fsp3) is 0.600. The molecule has 0 saturated carbocycles. The second kappa shape index (κ2) is 6.91. The third kappa shape index (κ3) is 3.56. The van der Waals surface area contributed by atoms with Gasteiger partial charge >= 0.3 is 6.09 Å². The van der Waals surface area contributed by atoms with Crippen LogP contribution in [0.15, 0.2) is 18.5 Å². The van der Waals surface area contributed by atoms with Gasteiger partial charge in [-0.15, -0.1) is 0 Å². The molecule has 3 rings (SSSR count). The molecule has 0 bridgehead atoms. The lowest BCUT2D eigenvalue weighted by atomic mass is 10.1. The van der Waals surface area contributed by atoms with Gasteiger partial charge in [0.1, 0.15) is 5.60 Å². The summed E-state index contributed by atoms with van der Waals surface area (Å²) in [6, 6.07) is 2.26. The molecule has 142 valence electrons. The average molecular weight is 359 g/mol. The Morgan fingerprint density at radius 2 is 2.08 bits per heavy atom. The number of aromatic nitrogens is 2. The molecule has 0 aliphatic carbocycles. The summed E-state index contributed by atoms with van der Waals surface area (Å²) in [4.78, 5) is 18.9. The van der Waals surface area contributed by atoms with E-state index in [4.69, 9.17) is 9.47 Å². The molecule has 6 nitrogen and oxygen atoms in total. The Morgan fingerprint density at radius 1 is 1.35 bits per heavy atom. The molecule has 0 aromatic carbocycles. The second-order valence-electron chi connectivity index (χ2n) is 8.14. The summed E-state index contributed by atoms with van der Waals surface area (Å²) in [5.74, 6) is 0. The van der Waals surface area contributed by atoms with E-state index in [1.54, 1.807) is 7.11 Å². The molecule has 1 saturated heterocycles. The molecule has 1 amide bonds. The molecule has 1 aliphatic rings. The summed E-state index contributed by atoms with van der Waals surface area (Å²) in [6.45, 7) is 10.9. The van der Waals surface area contributed by atoms with Crippen molar-refractivity contribution < 1.29 is 14.3 Å². The Labute approximate surface area is 155 Å². The first-order valence-electron chi connectivity index (χ1n) is 9.12. The van der Waals surface area contributed by atoms with Crippen molar-refractivity contribution in [1.29, 1.82) is 0 Å². The van der Waals surface area contributed by atoms with Crippen LogP contribution in [-0.4, -0.2) is 52.4 Å². The average Bonchev–Trinajstić information content (AvgIpc) is 3.08. The van der Waals surface area contributed by atoms with Crippen molar-refractivity contribution in [1.82, 2.24) is 14.5 Å². The number of ether oxygens (including phenoxy) is 2. The van der Waals surface area contributed by atoms with E-state index in [0.29, 0.717) is 13.2 Å². The molecule has 3 heterocycles. The smallest absolute Gasteiger partial charge is 0.410 e. The zero-order chi connectivity index (χ0) is 19.1. The Hall–Kier alpha value is -2.08. The predicted molar refractivity (Wildman–Crippen MR) is 101 cm³/mol. The maximum atomic E-state index is 12.7. The van der Waals surface area contributed by atoms with Crippen LogP contribution in [0, 0.1) is 13.8 Å². The van der Waals surface area contributed by atoms with Crippen LogP contribution < -0.4 is 0 Å². The van der Waals surface area contributed by atoms with Crippen LogP contribution in [0.4, 0.5) is 4.79 Å². The largest absolute Gasteiger partial charge is 0.444 e. The molecule has 1 unspecified atom stereocenters. The number of fused-ring (bicyclic) bond motifs is 1. The minimum absolute atomic E-state index is 0.0144. The van der Waals surface area contributed by atoms with Crippen LogP contribution in [0.25, 0.3) is 10.9 Å². The number of likely N-dealkylation sites (tertiary alicyclic amines) is 1. The van der Waals surface area contributed by atoms with E-state index in [1.807, 2.05) is 38.8 Å². The van der Waals surface area contributed by atoms with Crippen molar-refractivity contribution >= 4 is 17.0 Å². The minimum Gasteiger partial charge on any atom is -0.444 e. The number of pyridine rings is 1. The molecule has 0 spiro atoms. The van der Waals surface area contributed by atoms with Crippen molar-refractivity contribution in [3.05, 3.63) is 29.7 Å². The maximum absolute atomic E-state index is 12.7. The van der Waals surface area contributed by atoms with Gasteiger partial charge in [0.15, 0.2) is 0 Å². The van der Waals surface area contributed by atoms with Gasteiger partial charge in [0, 0.05) is 37.1 Å². The topological polar surface area (TPSA) is 56.6 Å². The molecule has 0 radical (unpaired) electrons. The first-order chi connectivity index (χ1) is 12.2. The summed E-state index contributed by atoms with van der Waals surface area (Å²) in [5, 5.41) is 1.20. The van der Waals surface area contributed by atoms with Gasteiger partial charge in [-0.3, -0.25) is 4.98 Å². The number of carbonyl (C=O) groups excluding carboxylic acids is 1. The molecule has 2 atom stereocenters. The Morgan fingerprint density at radius 3 is 2.73 bits per heavy atom. The Kier molecular flexibility index (Phi) is 4.97. The molecule has 1 fully saturated rings. The van der Waals surface area contributed by atoms with E-state index >= 15 is 0 Å². The normalized spacial score (nSPS) is 20.8. The lowest BCUT2D eigenvalue weighted by Crippen LogP contribution is -2.41. The van der Waals surface area contributed by atoms with E-state index in [-0.39, 0.29) is 18.2 Å². The SMILES string of the molecule is COCC1C[C@H](n2cc(C)c3c(C)nccc32)CN1C(=O)OC(C)(C)C. The van der Waals surface area contributed by atoms with Crippen molar-refractivity contribution in [2.24, 2.45) is 0 Å². The van der Waals surface area contributed by atoms with E-state index in [1.165, 1.54) is 16.5 Å². The monoisotopic (exact) mass is 359 g/mol. The van der Waals surface area contributed by atoms with Crippen molar-refractivity contribution in [3.63, 3.8) is 0 Å². The number of amides is 1. The summed E-state index contributed by atoms with van der Waals surface area (Å²) in [7, 11) is 1.67. The van der Waals surface area contributed by atoms with Crippen molar-refractivity contribution in [2.75, 3.05) is 20.3 Å². The lowest BCUT2D eigenvalue weighted by molar-refractivity contribution is 0.0146. The first kappa shape index (κ1) is 18.7. The summed E-state index contributed by atoms with van der Waals surface area (Å²) in [5.41, 5.74) is 2.91. The maximum Gasteiger partial charge on any atom is 0.410 e. The number of aryl methyl sites for hydroxylation is 2. The molecule has 2 aromatic heterocycles. The number of hydrogen-bond acceptors (Lipinski definition) is 4. The third-order valence-corrected chi connectivity index (χ3v) is 4.90. The fourth-order valence-corrected chi connectivity index (χ4v) is 3.89. The highest BCUT2D eigenvalue weighted by atomic mass is 16.6. The van der Waals surface area contributed by atoms with E-state index in [9.17, 15) is 4.79 Å². The summed E-state index contributed by atoms with van der Waals surface area (Å²) in [6.07, 6.45) is 4.60. The van der Waals surface area contributed by atoms with Gasteiger partial charge in [0.05, 0.1) is 24.2 Å². The molecule has 26 heavy (non-hydrogen) atoms. The number of carbonyl (C=O) groups is 1. The molecule has 0 N–H and O–H groups in total. The zero-order valence-corrected chi connectivity index (χ0v) is 16.6. The van der Waals surface area contributed by atoms with E-state index in [0.717, 1.165) is 12.1 Å².